The van der Waals surface area contributed by atoms with Crippen LogP contribution in [-0.2, 0) is 14.3 Å². The zero-order chi connectivity index (χ0) is 15.2. The summed E-state index contributed by atoms with van der Waals surface area (Å²) in [4.78, 5) is 25.3. The van der Waals surface area contributed by atoms with Crippen LogP contribution >= 0.6 is 0 Å². The van der Waals surface area contributed by atoms with Crippen LogP contribution in [0, 0.1) is 11.8 Å². The van der Waals surface area contributed by atoms with Gasteiger partial charge in [0.05, 0.1) is 6.26 Å². The zero-order valence-corrected chi connectivity index (χ0v) is 12.5. The molecular formula is C16H21NO4. The van der Waals surface area contributed by atoms with Crippen molar-refractivity contribution in [2.75, 3.05) is 19.7 Å². The second-order valence-electron chi connectivity index (χ2n) is 5.70. The Balaban J connectivity index is 1.77. The summed E-state index contributed by atoms with van der Waals surface area (Å²) in [5.74, 6) is 0.877. The minimum Gasteiger partial charge on any atom is -0.465 e. The molecule has 0 bridgehead atoms. The topological polar surface area (TPSA) is 59.8 Å². The van der Waals surface area contributed by atoms with E-state index in [1.807, 2.05) is 0 Å². The van der Waals surface area contributed by atoms with Crippen LogP contribution in [0.2, 0.25) is 0 Å². The van der Waals surface area contributed by atoms with Crippen molar-refractivity contribution in [2.45, 2.75) is 20.3 Å². The SMILES string of the molecule is C[C@H]1C[C@H](C)CN(C(=O)COC(=O)/C=C/c2ccco2)C1. The van der Waals surface area contributed by atoms with Gasteiger partial charge < -0.3 is 14.1 Å². The molecule has 1 saturated heterocycles. The number of furan rings is 1. The average molecular weight is 291 g/mol. The predicted molar refractivity (Wildman–Crippen MR) is 78.2 cm³/mol. The molecular weight excluding hydrogens is 270 g/mol. The molecule has 1 aromatic rings. The van der Waals surface area contributed by atoms with Gasteiger partial charge in [-0.2, -0.15) is 0 Å². The zero-order valence-electron chi connectivity index (χ0n) is 12.5. The third-order valence-electron chi connectivity index (χ3n) is 3.49. The molecule has 0 spiro atoms. The lowest BCUT2D eigenvalue weighted by Crippen LogP contribution is -2.44. The molecule has 1 aliphatic rings. The van der Waals surface area contributed by atoms with Crippen molar-refractivity contribution in [3.05, 3.63) is 30.2 Å². The fourth-order valence-electron chi connectivity index (χ4n) is 2.68. The van der Waals surface area contributed by atoms with E-state index in [0.717, 1.165) is 19.5 Å². The maximum Gasteiger partial charge on any atom is 0.331 e. The normalized spacial score (nSPS) is 22.5. The van der Waals surface area contributed by atoms with Gasteiger partial charge >= 0.3 is 5.97 Å². The van der Waals surface area contributed by atoms with Crippen molar-refractivity contribution in [1.29, 1.82) is 0 Å². The Hall–Kier alpha value is -2.04. The summed E-state index contributed by atoms with van der Waals surface area (Å²) in [6.45, 7) is 5.54. The first kappa shape index (κ1) is 15.4. The second kappa shape index (κ2) is 7.11. The number of nitrogens with zero attached hydrogens (tertiary/aromatic N) is 1. The van der Waals surface area contributed by atoms with E-state index in [-0.39, 0.29) is 12.5 Å². The Morgan fingerprint density at radius 2 is 2.10 bits per heavy atom. The fraction of sp³-hybridized carbons (Fsp3) is 0.500. The van der Waals surface area contributed by atoms with Crippen LogP contribution in [-0.4, -0.2) is 36.5 Å². The van der Waals surface area contributed by atoms with Gasteiger partial charge in [-0.15, -0.1) is 0 Å². The molecule has 1 aromatic heterocycles. The second-order valence-corrected chi connectivity index (χ2v) is 5.70. The molecule has 0 aliphatic carbocycles. The van der Waals surface area contributed by atoms with E-state index in [9.17, 15) is 9.59 Å². The van der Waals surface area contributed by atoms with E-state index in [0.29, 0.717) is 17.6 Å². The number of amides is 1. The molecule has 2 rings (SSSR count). The minimum absolute atomic E-state index is 0.131. The quantitative estimate of drug-likeness (QED) is 0.631. The minimum atomic E-state index is -0.544. The van der Waals surface area contributed by atoms with Crippen LogP contribution in [0.3, 0.4) is 0 Å². The molecule has 5 heteroatoms. The van der Waals surface area contributed by atoms with Gasteiger partial charge in [0.25, 0.3) is 5.91 Å². The van der Waals surface area contributed by atoms with E-state index < -0.39 is 5.97 Å². The molecule has 21 heavy (non-hydrogen) atoms. The summed E-state index contributed by atoms with van der Waals surface area (Å²) < 4.78 is 10.0. The lowest BCUT2D eigenvalue weighted by molar-refractivity contribution is -0.149. The molecule has 2 atom stereocenters. The van der Waals surface area contributed by atoms with E-state index in [4.69, 9.17) is 9.15 Å². The van der Waals surface area contributed by atoms with Gasteiger partial charge in [0.1, 0.15) is 5.76 Å². The Morgan fingerprint density at radius 3 is 2.71 bits per heavy atom. The number of hydrogen-bond donors (Lipinski definition) is 0. The molecule has 114 valence electrons. The van der Waals surface area contributed by atoms with E-state index in [1.165, 1.54) is 18.4 Å². The number of carbonyl (C=O) groups excluding carboxylic acids is 2. The summed E-state index contributed by atoms with van der Waals surface area (Å²) in [6, 6.07) is 3.46. The Bertz CT molecular complexity index is 496. The van der Waals surface area contributed by atoms with Gasteiger partial charge in [-0.1, -0.05) is 13.8 Å². The smallest absolute Gasteiger partial charge is 0.331 e. The highest BCUT2D eigenvalue weighted by Crippen LogP contribution is 2.20. The van der Waals surface area contributed by atoms with E-state index >= 15 is 0 Å². The highest BCUT2D eigenvalue weighted by molar-refractivity contribution is 5.88. The van der Waals surface area contributed by atoms with Crippen molar-refractivity contribution in [3.8, 4) is 0 Å². The van der Waals surface area contributed by atoms with Crippen molar-refractivity contribution in [1.82, 2.24) is 4.90 Å². The van der Waals surface area contributed by atoms with Crippen molar-refractivity contribution >= 4 is 18.0 Å². The van der Waals surface area contributed by atoms with Crippen LogP contribution < -0.4 is 0 Å². The Labute approximate surface area is 124 Å². The number of likely N-dealkylation sites (tertiary alicyclic amines) is 1. The van der Waals surface area contributed by atoms with Crippen molar-refractivity contribution < 1.29 is 18.7 Å². The number of rotatable bonds is 4. The number of ether oxygens (including phenoxy) is 1. The first-order valence-electron chi connectivity index (χ1n) is 7.20. The number of piperidine rings is 1. The van der Waals surface area contributed by atoms with Crippen molar-refractivity contribution in [2.24, 2.45) is 11.8 Å². The summed E-state index contributed by atoms with van der Waals surface area (Å²) in [6.07, 6.45) is 5.42. The van der Waals surface area contributed by atoms with Gasteiger partial charge in [-0.25, -0.2) is 4.79 Å². The Kier molecular flexibility index (Phi) is 5.20. The number of hydrogen-bond acceptors (Lipinski definition) is 4. The lowest BCUT2D eigenvalue weighted by atomic mass is 9.92. The molecule has 0 aromatic carbocycles. The van der Waals surface area contributed by atoms with Crippen LogP contribution in [0.4, 0.5) is 0 Å². The maximum absolute atomic E-state index is 12.0. The van der Waals surface area contributed by atoms with Crippen LogP contribution in [0.15, 0.2) is 28.9 Å². The number of carbonyl (C=O) groups is 2. The molecule has 0 unspecified atom stereocenters. The standard InChI is InChI=1S/C16H21NO4/c1-12-8-13(2)10-17(9-12)15(18)11-21-16(19)6-5-14-4-3-7-20-14/h3-7,12-13H,8-11H2,1-2H3/b6-5+/t12-,13-/m0/s1. The summed E-state index contributed by atoms with van der Waals surface area (Å²) in [7, 11) is 0. The first-order valence-corrected chi connectivity index (χ1v) is 7.20. The van der Waals surface area contributed by atoms with Crippen LogP contribution in [0.1, 0.15) is 26.0 Å². The highest BCUT2D eigenvalue weighted by Gasteiger charge is 2.25. The first-order chi connectivity index (χ1) is 10.0. The van der Waals surface area contributed by atoms with Gasteiger partial charge in [-0.3, -0.25) is 4.79 Å². The average Bonchev–Trinajstić information content (AvgIpc) is 2.94. The van der Waals surface area contributed by atoms with Gasteiger partial charge in [0, 0.05) is 19.2 Å². The molecule has 5 nitrogen and oxygen atoms in total. The lowest BCUT2D eigenvalue weighted by Gasteiger charge is -2.34. The largest absolute Gasteiger partial charge is 0.465 e. The van der Waals surface area contributed by atoms with Gasteiger partial charge in [0.2, 0.25) is 0 Å². The van der Waals surface area contributed by atoms with E-state index in [1.54, 1.807) is 17.0 Å². The summed E-state index contributed by atoms with van der Waals surface area (Å²) in [5.41, 5.74) is 0. The number of esters is 1. The van der Waals surface area contributed by atoms with E-state index in [2.05, 4.69) is 13.8 Å². The molecule has 1 amide bonds. The Morgan fingerprint density at radius 1 is 1.38 bits per heavy atom. The molecule has 1 aliphatic heterocycles. The van der Waals surface area contributed by atoms with Gasteiger partial charge in [0.15, 0.2) is 6.61 Å². The third kappa shape index (κ3) is 4.77. The highest BCUT2D eigenvalue weighted by atomic mass is 16.5. The summed E-state index contributed by atoms with van der Waals surface area (Å²) in [5, 5.41) is 0. The molecule has 2 heterocycles. The molecule has 0 radical (unpaired) electrons. The van der Waals surface area contributed by atoms with Crippen LogP contribution in [0.5, 0.6) is 0 Å². The molecule has 0 N–H and O–H groups in total. The maximum atomic E-state index is 12.0. The monoisotopic (exact) mass is 291 g/mol. The van der Waals surface area contributed by atoms with Crippen LogP contribution in [0.25, 0.3) is 6.08 Å². The third-order valence-corrected chi connectivity index (χ3v) is 3.49. The summed E-state index contributed by atoms with van der Waals surface area (Å²) >= 11 is 0. The van der Waals surface area contributed by atoms with Gasteiger partial charge in [-0.05, 0) is 36.5 Å². The fourth-order valence-corrected chi connectivity index (χ4v) is 2.68. The van der Waals surface area contributed by atoms with Crippen molar-refractivity contribution in [3.63, 3.8) is 0 Å². The molecule has 1 fully saturated rings. The predicted octanol–water partition coefficient (Wildman–Crippen LogP) is 2.34. The molecule has 0 saturated carbocycles.